The van der Waals surface area contributed by atoms with E-state index in [0.29, 0.717) is 30.8 Å². The summed E-state index contributed by atoms with van der Waals surface area (Å²) in [6, 6.07) is 5.51. The van der Waals surface area contributed by atoms with Gasteiger partial charge in [0, 0.05) is 42.7 Å². The predicted octanol–water partition coefficient (Wildman–Crippen LogP) is 3.96. The van der Waals surface area contributed by atoms with Gasteiger partial charge in [0.1, 0.15) is 18.2 Å². The first-order chi connectivity index (χ1) is 17.8. The van der Waals surface area contributed by atoms with Gasteiger partial charge >= 0.3 is 0 Å². The minimum absolute atomic E-state index is 0.0276. The average molecular weight is 531 g/mol. The molecule has 6 rings (SSSR count). The van der Waals surface area contributed by atoms with E-state index in [1.165, 1.54) is 16.7 Å². The molecule has 0 saturated carbocycles. The van der Waals surface area contributed by atoms with Gasteiger partial charge in [-0.15, -0.1) is 0 Å². The zero-order valence-corrected chi connectivity index (χ0v) is 21.5. The lowest BCUT2D eigenvalue weighted by atomic mass is 9.98. The number of aromatic nitrogens is 1. The van der Waals surface area contributed by atoms with Crippen LogP contribution in [0.25, 0.3) is 22.0 Å². The second kappa shape index (κ2) is 9.15. The van der Waals surface area contributed by atoms with Crippen molar-refractivity contribution in [2.45, 2.75) is 44.4 Å². The Balaban J connectivity index is 1.68. The number of phenols is 1. The summed E-state index contributed by atoms with van der Waals surface area (Å²) in [5, 5.41) is 14.3. The molecule has 3 aliphatic heterocycles. The summed E-state index contributed by atoms with van der Waals surface area (Å²) in [6.45, 7) is 4.81. The molecule has 37 heavy (non-hydrogen) atoms. The average Bonchev–Trinajstić information content (AvgIpc) is 3.27. The quantitative estimate of drug-likeness (QED) is 0.534. The fourth-order valence-corrected chi connectivity index (χ4v) is 6.35. The van der Waals surface area contributed by atoms with E-state index in [1.54, 1.807) is 6.07 Å². The summed E-state index contributed by atoms with van der Waals surface area (Å²) >= 11 is 6.63. The standard InChI is InChI=1S/C27H29ClF2N4O3/c1-14-11-33-16(10-31-14)13-37-26-25(33)17-9-18(28)21(22-19(29)6-3-7-20(22)35)23(30)24(17)34(27(26)36)12-15-5-4-8-32(15)2/h3,6-7,9,14-16,31,35H,4-5,8,10-13H2,1-2H3/t14-,15+,16-/m1/s1. The number of nitrogens with zero attached hydrogens (tertiary/aromatic N) is 3. The van der Waals surface area contributed by atoms with E-state index < -0.39 is 22.9 Å². The van der Waals surface area contributed by atoms with Crippen LogP contribution in [0.2, 0.25) is 5.02 Å². The van der Waals surface area contributed by atoms with E-state index in [0.717, 1.165) is 25.5 Å². The molecule has 2 aromatic carbocycles. The first-order valence-corrected chi connectivity index (χ1v) is 13.0. The number of likely N-dealkylation sites (tertiary alicyclic amines) is 1. The third-order valence-electron chi connectivity index (χ3n) is 8.00. The minimum atomic E-state index is -0.839. The number of nitrogens with one attached hydrogen (secondary N) is 1. The van der Waals surface area contributed by atoms with Crippen molar-refractivity contribution in [3.63, 3.8) is 0 Å². The number of piperazine rings is 1. The predicted molar refractivity (Wildman–Crippen MR) is 140 cm³/mol. The first-order valence-electron chi connectivity index (χ1n) is 12.7. The number of phenolic OH excluding ortho intramolecular Hbond substituents is 1. The summed E-state index contributed by atoms with van der Waals surface area (Å²) in [5.74, 6) is -1.88. The SMILES string of the molecule is C[C@@H]1CN2c3c(c(=O)n(C[C@@H]4CCCN4C)c4c(F)c(-c5c(O)cccc5F)c(Cl)cc34)OC[C@H]2CN1. The molecule has 3 aliphatic rings. The fourth-order valence-electron chi connectivity index (χ4n) is 6.06. The van der Waals surface area contributed by atoms with E-state index in [2.05, 4.69) is 22.0 Å². The topological polar surface area (TPSA) is 70.0 Å². The smallest absolute Gasteiger partial charge is 0.295 e. The molecule has 0 unspecified atom stereocenters. The van der Waals surface area contributed by atoms with E-state index >= 15 is 4.39 Å². The maximum Gasteiger partial charge on any atom is 0.295 e. The zero-order chi connectivity index (χ0) is 26.0. The van der Waals surface area contributed by atoms with E-state index in [4.69, 9.17) is 16.3 Å². The van der Waals surface area contributed by atoms with Gasteiger partial charge in [0.25, 0.3) is 5.56 Å². The highest BCUT2D eigenvalue weighted by atomic mass is 35.5. The minimum Gasteiger partial charge on any atom is -0.507 e. The van der Waals surface area contributed by atoms with Crippen molar-refractivity contribution >= 4 is 28.2 Å². The van der Waals surface area contributed by atoms with Crippen molar-refractivity contribution in [3.05, 3.63) is 51.3 Å². The Bertz CT molecular complexity index is 1440. The lowest BCUT2D eigenvalue weighted by Gasteiger charge is -2.44. The number of rotatable bonds is 3. The summed E-state index contributed by atoms with van der Waals surface area (Å²) in [7, 11) is 1.99. The molecular weight excluding hydrogens is 502 g/mol. The largest absolute Gasteiger partial charge is 0.507 e. The van der Waals surface area contributed by atoms with Gasteiger partial charge < -0.3 is 29.5 Å². The normalized spacial score (nSPS) is 23.7. The van der Waals surface area contributed by atoms with Crippen LogP contribution < -0.4 is 20.5 Å². The highest BCUT2D eigenvalue weighted by Gasteiger charge is 2.38. The van der Waals surface area contributed by atoms with Crippen molar-refractivity contribution in [1.82, 2.24) is 14.8 Å². The van der Waals surface area contributed by atoms with Gasteiger partial charge in [-0.05, 0) is 51.6 Å². The number of hydrogen-bond donors (Lipinski definition) is 2. The number of ether oxygens (including phenoxy) is 1. The van der Waals surface area contributed by atoms with Gasteiger partial charge in [-0.1, -0.05) is 17.7 Å². The number of benzene rings is 2. The van der Waals surface area contributed by atoms with Crippen LogP contribution in [-0.4, -0.2) is 66.0 Å². The van der Waals surface area contributed by atoms with Gasteiger partial charge in [-0.25, -0.2) is 8.78 Å². The second-order valence-electron chi connectivity index (χ2n) is 10.4. The Hall–Kier alpha value is -2.88. The molecule has 7 nitrogen and oxygen atoms in total. The number of anilines is 1. The summed E-state index contributed by atoms with van der Waals surface area (Å²) < 4.78 is 39.0. The van der Waals surface area contributed by atoms with Gasteiger partial charge in [0.05, 0.1) is 27.8 Å². The number of halogens is 3. The summed E-state index contributed by atoms with van der Waals surface area (Å²) in [6.07, 6.45) is 1.86. The molecule has 0 aliphatic carbocycles. The molecule has 4 heterocycles. The van der Waals surface area contributed by atoms with Gasteiger partial charge in [0.2, 0.25) is 5.75 Å². The zero-order valence-electron chi connectivity index (χ0n) is 20.7. The molecule has 0 amide bonds. The van der Waals surface area contributed by atoms with Crippen molar-refractivity contribution in [1.29, 1.82) is 0 Å². The monoisotopic (exact) mass is 530 g/mol. The van der Waals surface area contributed by atoms with Gasteiger partial charge in [-0.3, -0.25) is 4.79 Å². The van der Waals surface area contributed by atoms with Crippen LogP contribution in [0, 0.1) is 11.6 Å². The fraction of sp³-hybridized carbons (Fsp3) is 0.444. The van der Waals surface area contributed by atoms with Crippen LogP contribution in [0.4, 0.5) is 14.5 Å². The second-order valence-corrected chi connectivity index (χ2v) is 10.8. The van der Waals surface area contributed by atoms with Crippen molar-refractivity contribution in [2.75, 3.05) is 38.2 Å². The number of aromatic hydroxyl groups is 1. The van der Waals surface area contributed by atoms with Crippen LogP contribution in [0.5, 0.6) is 11.5 Å². The van der Waals surface area contributed by atoms with Gasteiger partial charge in [-0.2, -0.15) is 0 Å². The number of pyridine rings is 1. The van der Waals surface area contributed by atoms with Crippen LogP contribution in [0.1, 0.15) is 19.8 Å². The lowest BCUT2D eigenvalue weighted by Crippen LogP contribution is -2.59. The highest BCUT2D eigenvalue weighted by molar-refractivity contribution is 6.34. The molecule has 10 heteroatoms. The molecule has 0 spiro atoms. The Morgan fingerprint density at radius 3 is 2.81 bits per heavy atom. The van der Waals surface area contributed by atoms with Crippen LogP contribution in [-0.2, 0) is 6.54 Å². The lowest BCUT2D eigenvalue weighted by molar-refractivity contribution is 0.230. The third-order valence-corrected chi connectivity index (χ3v) is 8.30. The molecule has 0 bridgehead atoms. The Kier molecular flexibility index (Phi) is 6.05. The van der Waals surface area contributed by atoms with Crippen molar-refractivity contribution < 1.29 is 18.6 Å². The first kappa shape index (κ1) is 24.5. The van der Waals surface area contributed by atoms with E-state index in [9.17, 15) is 14.3 Å². The molecule has 196 valence electrons. The maximum atomic E-state index is 16.7. The number of fused-ring (bicyclic) bond motifs is 5. The van der Waals surface area contributed by atoms with Crippen LogP contribution >= 0.6 is 11.6 Å². The highest BCUT2D eigenvalue weighted by Crippen LogP contribution is 2.46. The summed E-state index contributed by atoms with van der Waals surface area (Å²) in [4.78, 5) is 18.2. The molecular formula is C27H29ClF2N4O3. The van der Waals surface area contributed by atoms with Crippen LogP contribution in [0.3, 0.4) is 0 Å². The van der Waals surface area contributed by atoms with Gasteiger partial charge in [0.15, 0.2) is 5.82 Å². The molecule has 0 radical (unpaired) electrons. The summed E-state index contributed by atoms with van der Waals surface area (Å²) in [5.41, 5.74) is -0.448. The number of hydrogen-bond acceptors (Lipinski definition) is 6. The Morgan fingerprint density at radius 2 is 2.08 bits per heavy atom. The number of likely N-dealkylation sites (N-methyl/N-ethyl adjacent to an activating group) is 1. The molecule has 1 aromatic heterocycles. The molecule has 3 aromatic rings. The van der Waals surface area contributed by atoms with E-state index in [1.807, 2.05) is 7.05 Å². The van der Waals surface area contributed by atoms with Crippen molar-refractivity contribution in [2.24, 2.45) is 0 Å². The molecule has 2 fully saturated rings. The van der Waals surface area contributed by atoms with Crippen LogP contribution in [0.15, 0.2) is 29.1 Å². The maximum absolute atomic E-state index is 16.7. The van der Waals surface area contributed by atoms with E-state index in [-0.39, 0.29) is 52.1 Å². The molecule has 3 atom stereocenters. The molecule has 2 N–H and O–H groups in total. The Morgan fingerprint density at radius 1 is 1.27 bits per heavy atom. The third kappa shape index (κ3) is 3.86. The molecule has 2 saturated heterocycles. The van der Waals surface area contributed by atoms with Crippen molar-refractivity contribution in [3.8, 4) is 22.6 Å². The Labute approximate surface area is 218 Å².